The number of rotatable bonds is 3. The summed E-state index contributed by atoms with van der Waals surface area (Å²) in [5.41, 5.74) is -0.470. The van der Waals surface area contributed by atoms with Gasteiger partial charge >= 0.3 is 6.18 Å². The summed E-state index contributed by atoms with van der Waals surface area (Å²) in [7, 11) is 0. The molecular weight excluding hydrogens is 327 g/mol. The molecule has 0 aromatic carbocycles. The molecule has 1 aliphatic carbocycles. The first-order valence-corrected chi connectivity index (χ1v) is 7.23. The number of hydrazine groups is 1. The van der Waals surface area contributed by atoms with Crippen molar-refractivity contribution in [2.24, 2.45) is 15.9 Å². The van der Waals surface area contributed by atoms with E-state index >= 15 is 0 Å². The van der Waals surface area contributed by atoms with Crippen LogP contribution in [0, 0.1) is 5.92 Å². The molecule has 7 nitrogen and oxygen atoms in total. The van der Waals surface area contributed by atoms with Crippen LogP contribution in [0.5, 0.6) is 0 Å². The molecule has 3 heterocycles. The zero-order valence-corrected chi connectivity index (χ0v) is 12.2. The number of nitrogens with zero attached hydrogens (tertiary/aromatic N) is 3. The maximum atomic E-state index is 13.6. The highest BCUT2D eigenvalue weighted by atomic mass is 19.4. The summed E-state index contributed by atoms with van der Waals surface area (Å²) in [6.07, 6.45) is 0.448. The molecule has 0 bridgehead atoms. The first-order chi connectivity index (χ1) is 11.4. The number of hydrogen-bond donors (Lipinski definition) is 2. The van der Waals surface area contributed by atoms with E-state index in [1.54, 1.807) is 0 Å². The average Bonchev–Trinajstić information content (AvgIpc) is 3.08. The van der Waals surface area contributed by atoms with Crippen molar-refractivity contribution in [3.63, 3.8) is 0 Å². The number of carbonyl (C=O) groups excluding carboxylic acids is 1. The van der Waals surface area contributed by atoms with E-state index in [1.165, 1.54) is 18.2 Å². The summed E-state index contributed by atoms with van der Waals surface area (Å²) in [6, 6.07) is 2.55. The Bertz CT molecular complexity index is 764. The zero-order valence-electron chi connectivity index (χ0n) is 12.2. The van der Waals surface area contributed by atoms with Gasteiger partial charge in [-0.1, -0.05) is 0 Å². The fraction of sp³-hybridized carbons (Fsp3) is 0.357. The largest absolute Gasteiger partial charge is 0.465 e. The summed E-state index contributed by atoms with van der Waals surface area (Å²) in [4.78, 5) is 19.5. The highest BCUT2D eigenvalue weighted by Gasteiger charge is 2.62. The van der Waals surface area contributed by atoms with E-state index in [9.17, 15) is 18.0 Å². The van der Waals surface area contributed by atoms with Crippen LogP contribution >= 0.6 is 0 Å². The van der Waals surface area contributed by atoms with Crippen LogP contribution < -0.4 is 10.7 Å². The Balaban J connectivity index is 1.67. The minimum atomic E-state index is -4.74. The highest BCUT2D eigenvalue weighted by molar-refractivity contribution is 6.03. The number of fused-ring (bicyclic) bond motifs is 1. The molecule has 0 spiro atoms. The Morgan fingerprint density at radius 3 is 2.88 bits per heavy atom. The molecule has 1 fully saturated rings. The molecule has 1 aromatic heterocycles. The quantitative estimate of drug-likeness (QED) is 0.877. The second-order valence-electron chi connectivity index (χ2n) is 5.67. The van der Waals surface area contributed by atoms with Gasteiger partial charge in [-0.15, -0.1) is 0 Å². The molecular formula is C14H12F3N5O2. The van der Waals surface area contributed by atoms with E-state index in [2.05, 4.69) is 20.7 Å². The summed E-state index contributed by atoms with van der Waals surface area (Å²) in [5, 5.41) is 3.62. The van der Waals surface area contributed by atoms with E-state index in [0.717, 1.165) is 30.5 Å². The van der Waals surface area contributed by atoms with E-state index in [1.807, 2.05) is 0 Å². The molecule has 24 heavy (non-hydrogen) atoms. The summed E-state index contributed by atoms with van der Waals surface area (Å²) >= 11 is 0. The van der Waals surface area contributed by atoms with Gasteiger partial charge in [-0.3, -0.25) is 4.79 Å². The Labute approximate surface area is 133 Å². The molecule has 1 saturated carbocycles. The predicted molar refractivity (Wildman–Crippen MR) is 76.3 cm³/mol. The lowest BCUT2D eigenvalue weighted by Crippen LogP contribution is -2.54. The zero-order chi connectivity index (χ0) is 16.9. The molecule has 1 atom stereocenters. The Morgan fingerprint density at radius 2 is 2.25 bits per heavy atom. The lowest BCUT2D eigenvalue weighted by Gasteiger charge is -2.28. The molecule has 4 rings (SSSR count). The number of carbonyl (C=O) groups is 1. The van der Waals surface area contributed by atoms with Gasteiger partial charge in [-0.05, 0) is 25.0 Å². The van der Waals surface area contributed by atoms with Crippen molar-refractivity contribution < 1.29 is 22.4 Å². The standard InChI is InChI=1S/C14H12F3N5O2/c15-14(16,17)13(9-2-1-5-24-9)20-11-6-10(18-7-22(11)21-13)19-12(23)8-3-4-8/h1-2,5-8,21H,3-4H2,(H,19,23). The third kappa shape index (κ3) is 2.30. The molecule has 1 unspecified atom stereocenters. The van der Waals surface area contributed by atoms with Gasteiger partial charge in [0.2, 0.25) is 5.91 Å². The number of nitrogens with one attached hydrogen (secondary N) is 2. The lowest BCUT2D eigenvalue weighted by molar-refractivity contribution is -0.206. The second kappa shape index (κ2) is 4.94. The molecule has 1 aromatic rings. The van der Waals surface area contributed by atoms with Crippen LogP contribution in [0.3, 0.4) is 0 Å². The number of furan rings is 1. The van der Waals surface area contributed by atoms with Crippen molar-refractivity contribution in [2.75, 3.05) is 0 Å². The minimum absolute atomic E-state index is 0.0233. The van der Waals surface area contributed by atoms with Gasteiger partial charge in [0.1, 0.15) is 18.0 Å². The van der Waals surface area contributed by atoms with Gasteiger partial charge in [0.15, 0.2) is 5.76 Å². The number of amidine groups is 1. The van der Waals surface area contributed by atoms with Crippen LogP contribution in [0.2, 0.25) is 0 Å². The molecule has 1 amide bonds. The molecule has 126 valence electrons. The third-order valence-electron chi connectivity index (χ3n) is 3.88. The normalized spacial score (nSPS) is 26.0. The van der Waals surface area contributed by atoms with Crippen LogP contribution in [0.25, 0.3) is 0 Å². The summed E-state index contributed by atoms with van der Waals surface area (Å²) in [6.45, 7) is 0. The van der Waals surface area contributed by atoms with Gasteiger partial charge in [-0.25, -0.2) is 15.0 Å². The Morgan fingerprint density at radius 1 is 1.46 bits per heavy atom. The third-order valence-corrected chi connectivity index (χ3v) is 3.88. The van der Waals surface area contributed by atoms with Gasteiger partial charge in [0, 0.05) is 12.0 Å². The van der Waals surface area contributed by atoms with Crippen molar-refractivity contribution in [1.82, 2.24) is 15.8 Å². The van der Waals surface area contributed by atoms with Crippen molar-refractivity contribution in [3.8, 4) is 0 Å². The molecule has 2 aliphatic heterocycles. The predicted octanol–water partition coefficient (Wildman–Crippen LogP) is 1.62. The van der Waals surface area contributed by atoms with Gasteiger partial charge in [0.25, 0.3) is 5.66 Å². The maximum Gasteiger partial charge on any atom is 0.436 e. The fourth-order valence-corrected chi connectivity index (χ4v) is 2.45. The van der Waals surface area contributed by atoms with Crippen molar-refractivity contribution >= 4 is 18.1 Å². The van der Waals surface area contributed by atoms with Crippen LogP contribution in [0.15, 0.2) is 44.7 Å². The second-order valence-corrected chi connectivity index (χ2v) is 5.67. The Kier molecular flexibility index (Phi) is 3.07. The van der Waals surface area contributed by atoms with Gasteiger partial charge < -0.3 is 9.73 Å². The average molecular weight is 339 g/mol. The monoisotopic (exact) mass is 339 g/mol. The number of alkyl halides is 3. The topological polar surface area (TPSA) is 82.2 Å². The van der Waals surface area contributed by atoms with Crippen molar-refractivity contribution in [2.45, 2.75) is 24.7 Å². The Hall–Kier alpha value is -2.62. The maximum absolute atomic E-state index is 13.6. The van der Waals surface area contributed by atoms with Crippen LogP contribution in [-0.4, -0.2) is 29.3 Å². The molecule has 0 radical (unpaired) electrons. The van der Waals surface area contributed by atoms with E-state index in [-0.39, 0.29) is 29.2 Å². The fourth-order valence-electron chi connectivity index (χ4n) is 2.45. The van der Waals surface area contributed by atoms with Crippen molar-refractivity contribution in [1.29, 1.82) is 0 Å². The lowest BCUT2D eigenvalue weighted by atomic mass is 10.1. The number of hydrogen-bond acceptors (Lipinski definition) is 6. The number of halogens is 3. The van der Waals surface area contributed by atoms with Gasteiger partial charge in [-0.2, -0.15) is 18.6 Å². The first kappa shape index (κ1) is 14.9. The first-order valence-electron chi connectivity index (χ1n) is 7.23. The van der Waals surface area contributed by atoms with Gasteiger partial charge in [0.05, 0.1) is 6.26 Å². The van der Waals surface area contributed by atoms with Crippen LogP contribution in [0.4, 0.5) is 13.2 Å². The SMILES string of the molecule is O=C(NC1=CC2=NC(c3ccco3)(C(F)(F)F)NN2C=N1)C1CC1. The minimum Gasteiger partial charge on any atom is -0.465 e. The van der Waals surface area contributed by atoms with E-state index in [0.29, 0.717) is 0 Å². The summed E-state index contributed by atoms with van der Waals surface area (Å²) in [5.74, 6) is -0.486. The van der Waals surface area contributed by atoms with Crippen LogP contribution in [-0.2, 0) is 10.5 Å². The molecule has 10 heteroatoms. The van der Waals surface area contributed by atoms with Crippen molar-refractivity contribution in [3.05, 3.63) is 36.1 Å². The highest BCUT2D eigenvalue weighted by Crippen LogP contribution is 2.43. The summed E-state index contributed by atoms with van der Waals surface area (Å²) < 4.78 is 45.9. The molecule has 3 aliphatic rings. The molecule has 0 saturated heterocycles. The van der Waals surface area contributed by atoms with E-state index in [4.69, 9.17) is 4.42 Å². The smallest absolute Gasteiger partial charge is 0.436 e. The number of amides is 1. The van der Waals surface area contributed by atoms with E-state index < -0.39 is 11.8 Å². The van der Waals surface area contributed by atoms with Crippen LogP contribution in [0.1, 0.15) is 18.6 Å². The molecule has 2 N–H and O–H groups in total. The number of aliphatic imine (C=N–C) groups is 2.